The third-order valence-corrected chi connectivity index (χ3v) is 4.75. The number of rotatable bonds is 10. The van der Waals surface area contributed by atoms with Crippen LogP contribution in [0.1, 0.15) is 12.8 Å². The fourth-order valence-corrected chi connectivity index (χ4v) is 2.74. The Morgan fingerprint density at radius 2 is 2.08 bits per heavy atom. The van der Waals surface area contributed by atoms with E-state index in [1.807, 2.05) is 0 Å². The Hall–Kier alpha value is -2.20. The van der Waals surface area contributed by atoms with E-state index < -0.39 is 14.8 Å². The molecule has 0 bridgehead atoms. The van der Waals surface area contributed by atoms with E-state index in [1.54, 1.807) is 0 Å². The minimum atomic E-state index is -3.53. The molecule has 0 aromatic heterocycles. The highest BCUT2D eigenvalue weighted by atomic mass is 32.2. The van der Waals surface area contributed by atoms with Crippen LogP contribution in [0.5, 0.6) is 0 Å². The zero-order valence-electron chi connectivity index (χ0n) is 13.9. The van der Waals surface area contributed by atoms with Gasteiger partial charge in [-0.15, -0.1) is 0 Å². The summed E-state index contributed by atoms with van der Waals surface area (Å²) in [4.78, 5) is 21.9. The van der Waals surface area contributed by atoms with Crippen molar-refractivity contribution in [3.8, 4) is 0 Å². The van der Waals surface area contributed by atoms with E-state index in [1.165, 1.54) is 12.1 Å². The monoisotopic (exact) mass is 371 g/mol. The number of benzene rings is 1. The minimum Gasteiger partial charge on any atom is -0.378 e. The van der Waals surface area contributed by atoms with Crippen molar-refractivity contribution in [3.05, 3.63) is 28.3 Å². The highest BCUT2D eigenvalue weighted by molar-refractivity contribution is 7.90. The first-order chi connectivity index (χ1) is 11.8. The molecule has 0 atom stereocenters. The van der Waals surface area contributed by atoms with Crippen LogP contribution in [0.4, 0.5) is 11.4 Å². The first kappa shape index (κ1) is 19.1. The van der Waals surface area contributed by atoms with Crippen molar-refractivity contribution in [1.29, 1.82) is 0 Å². The number of ether oxygens (including phenoxy) is 1. The second kappa shape index (κ2) is 8.26. The number of carbonyl (C=O) groups is 1. The van der Waals surface area contributed by atoms with Crippen molar-refractivity contribution in [3.63, 3.8) is 0 Å². The van der Waals surface area contributed by atoms with E-state index >= 15 is 0 Å². The number of nitro benzene ring substituents is 1. The summed E-state index contributed by atoms with van der Waals surface area (Å²) in [5, 5.41) is 16.6. The van der Waals surface area contributed by atoms with Crippen LogP contribution < -0.4 is 10.6 Å². The Bertz CT molecular complexity index is 746. The second-order valence-electron chi connectivity index (χ2n) is 5.94. The highest BCUT2D eigenvalue weighted by Crippen LogP contribution is 2.28. The Balaban J connectivity index is 1.81. The third kappa shape index (κ3) is 6.31. The van der Waals surface area contributed by atoms with Crippen molar-refractivity contribution in [2.75, 3.05) is 37.9 Å². The smallest absolute Gasteiger partial charge is 0.293 e. The SMILES string of the molecule is CS(=O)(=O)c1ccc(NCCNC(=O)COCC2CC2)c([N+](=O)[O-])c1. The van der Waals surface area contributed by atoms with Gasteiger partial charge in [0.15, 0.2) is 9.84 Å². The Morgan fingerprint density at radius 1 is 1.36 bits per heavy atom. The second-order valence-corrected chi connectivity index (χ2v) is 7.96. The maximum absolute atomic E-state index is 11.5. The number of carbonyl (C=O) groups excluding carboxylic acids is 1. The molecule has 2 rings (SSSR count). The van der Waals surface area contributed by atoms with Crippen LogP contribution in [0.3, 0.4) is 0 Å². The molecule has 2 N–H and O–H groups in total. The molecule has 138 valence electrons. The van der Waals surface area contributed by atoms with E-state index in [-0.39, 0.29) is 41.9 Å². The summed E-state index contributed by atoms with van der Waals surface area (Å²) in [7, 11) is -3.53. The van der Waals surface area contributed by atoms with E-state index in [4.69, 9.17) is 4.74 Å². The number of amides is 1. The lowest BCUT2D eigenvalue weighted by Crippen LogP contribution is -2.32. The van der Waals surface area contributed by atoms with Gasteiger partial charge in [-0.2, -0.15) is 0 Å². The molecular weight excluding hydrogens is 350 g/mol. The first-order valence-electron chi connectivity index (χ1n) is 7.84. The minimum absolute atomic E-state index is 0.000293. The summed E-state index contributed by atoms with van der Waals surface area (Å²) in [5.41, 5.74) is -0.140. The highest BCUT2D eigenvalue weighted by Gasteiger charge is 2.21. The van der Waals surface area contributed by atoms with E-state index in [9.17, 15) is 23.3 Å². The van der Waals surface area contributed by atoms with Crippen LogP contribution in [-0.4, -0.2) is 51.8 Å². The molecule has 1 saturated carbocycles. The molecule has 1 aliphatic rings. The third-order valence-electron chi connectivity index (χ3n) is 3.64. The molecule has 10 heteroatoms. The topological polar surface area (TPSA) is 128 Å². The lowest BCUT2D eigenvalue weighted by atomic mass is 10.2. The molecule has 25 heavy (non-hydrogen) atoms. The molecule has 1 aliphatic carbocycles. The summed E-state index contributed by atoms with van der Waals surface area (Å²) < 4.78 is 28.2. The van der Waals surface area contributed by atoms with Crippen molar-refractivity contribution in [2.45, 2.75) is 17.7 Å². The number of sulfone groups is 1. The fraction of sp³-hybridized carbons (Fsp3) is 0.533. The van der Waals surface area contributed by atoms with Gasteiger partial charge in [-0.3, -0.25) is 14.9 Å². The Morgan fingerprint density at radius 3 is 2.68 bits per heavy atom. The number of nitrogens with zero attached hydrogens (tertiary/aromatic N) is 1. The molecule has 0 radical (unpaired) electrons. The van der Waals surface area contributed by atoms with Crippen molar-refractivity contribution in [2.24, 2.45) is 5.92 Å². The molecule has 0 heterocycles. The molecule has 1 fully saturated rings. The quantitative estimate of drug-likeness (QED) is 0.356. The van der Waals surface area contributed by atoms with Gasteiger partial charge in [0.25, 0.3) is 5.69 Å². The van der Waals surface area contributed by atoms with Gasteiger partial charge in [0.1, 0.15) is 12.3 Å². The number of nitro groups is 1. The normalized spacial score (nSPS) is 14.1. The average molecular weight is 371 g/mol. The number of hydrogen-bond acceptors (Lipinski definition) is 7. The lowest BCUT2D eigenvalue weighted by Gasteiger charge is -2.09. The van der Waals surface area contributed by atoms with Crippen LogP contribution in [0.25, 0.3) is 0 Å². The number of hydrogen-bond donors (Lipinski definition) is 2. The predicted molar refractivity (Wildman–Crippen MR) is 91.2 cm³/mol. The van der Waals surface area contributed by atoms with Crippen molar-refractivity contribution in [1.82, 2.24) is 5.32 Å². The fourth-order valence-electron chi connectivity index (χ4n) is 2.10. The zero-order chi connectivity index (χ0) is 18.4. The molecule has 1 amide bonds. The summed E-state index contributed by atoms with van der Waals surface area (Å²) in [6.45, 7) is 1.12. The molecular formula is C15H21N3O6S. The van der Waals surface area contributed by atoms with Gasteiger partial charge in [-0.05, 0) is 30.9 Å². The van der Waals surface area contributed by atoms with Gasteiger partial charge in [-0.25, -0.2) is 8.42 Å². The maximum atomic E-state index is 11.5. The lowest BCUT2D eigenvalue weighted by molar-refractivity contribution is -0.384. The zero-order valence-corrected chi connectivity index (χ0v) is 14.7. The van der Waals surface area contributed by atoms with Crippen LogP contribution in [0.15, 0.2) is 23.1 Å². The van der Waals surface area contributed by atoms with Gasteiger partial charge in [0, 0.05) is 25.4 Å². The molecule has 9 nitrogen and oxygen atoms in total. The van der Waals surface area contributed by atoms with E-state index in [2.05, 4.69) is 10.6 Å². The largest absolute Gasteiger partial charge is 0.378 e. The Kier molecular flexibility index (Phi) is 6.32. The maximum Gasteiger partial charge on any atom is 0.293 e. The average Bonchev–Trinajstić information content (AvgIpc) is 3.34. The molecule has 0 saturated heterocycles. The molecule has 1 aromatic carbocycles. The summed E-state index contributed by atoms with van der Waals surface area (Å²) in [6.07, 6.45) is 3.30. The summed E-state index contributed by atoms with van der Waals surface area (Å²) in [5.74, 6) is 0.342. The van der Waals surface area contributed by atoms with Gasteiger partial charge >= 0.3 is 0 Å². The van der Waals surface area contributed by atoms with Gasteiger partial charge in [0.2, 0.25) is 5.91 Å². The molecule has 0 spiro atoms. The molecule has 0 unspecified atom stereocenters. The van der Waals surface area contributed by atoms with Crippen LogP contribution in [0.2, 0.25) is 0 Å². The Labute approximate surface area is 145 Å². The number of nitrogens with one attached hydrogen (secondary N) is 2. The van der Waals surface area contributed by atoms with Crippen molar-refractivity contribution >= 4 is 27.1 Å². The van der Waals surface area contributed by atoms with Crippen LogP contribution in [-0.2, 0) is 19.4 Å². The van der Waals surface area contributed by atoms with Gasteiger partial charge in [0.05, 0.1) is 16.4 Å². The molecule has 1 aromatic rings. The van der Waals surface area contributed by atoms with Crippen molar-refractivity contribution < 1.29 is 22.9 Å². The standard InChI is InChI=1S/C15H21N3O6S/c1-25(22,23)12-4-5-13(14(8-12)18(20)21)16-6-7-17-15(19)10-24-9-11-2-3-11/h4-5,8,11,16H,2-3,6-7,9-10H2,1H3,(H,17,19). The van der Waals surface area contributed by atoms with Crippen LogP contribution in [0, 0.1) is 16.0 Å². The number of anilines is 1. The van der Waals surface area contributed by atoms with E-state index in [0.717, 1.165) is 25.2 Å². The predicted octanol–water partition coefficient (Wildman–Crippen LogP) is 0.953. The summed E-state index contributed by atoms with van der Waals surface area (Å²) >= 11 is 0. The van der Waals surface area contributed by atoms with Gasteiger partial charge in [-0.1, -0.05) is 0 Å². The first-order valence-corrected chi connectivity index (χ1v) is 9.73. The van der Waals surface area contributed by atoms with Gasteiger partial charge < -0.3 is 15.4 Å². The van der Waals surface area contributed by atoms with Crippen LogP contribution >= 0.6 is 0 Å². The summed E-state index contributed by atoms with van der Waals surface area (Å²) in [6, 6.07) is 3.66. The molecule has 0 aliphatic heterocycles. The van der Waals surface area contributed by atoms with E-state index in [0.29, 0.717) is 12.5 Å².